The number of fused-ring (bicyclic) bond motifs is 1. The van der Waals surface area contributed by atoms with Gasteiger partial charge in [-0.2, -0.15) is 5.10 Å². The summed E-state index contributed by atoms with van der Waals surface area (Å²) in [6, 6.07) is 24.0. The molecule has 5 aromatic rings. The lowest BCUT2D eigenvalue weighted by molar-refractivity contribution is -0.117. The zero-order chi connectivity index (χ0) is 21.9. The lowest BCUT2D eigenvalue weighted by Crippen LogP contribution is -2.29. The summed E-state index contributed by atoms with van der Waals surface area (Å²) in [4.78, 5) is 24.9. The van der Waals surface area contributed by atoms with Gasteiger partial charge in [0.25, 0.3) is 5.56 Å². The van der Waals surface area contributed by atoms with E-state index in [2.05, 4.69) is 25.9 Å². The number of hydrogen-bond acceptors (Lipinski definition) is 6. The van der Waals surface area contributed by atoms with Crippen LogP contribution in [0.4, 0.5) is 5.69 Å². The minimum atomic E-state index is -0.357. The molecule has 2 aromatic heterocycles. The number of nitrogens with zero attached hydrogens (tertiary/aromatic N) is 6. The number of hydrogen-bond donors (Lipinski definition) is 1. The van der Waals surface area contributed by atoms with Gasteiger partial charge in [0.05, 0.1) is 11.4 Å². The summed E-state index contributed by atoms with van der Waals surface area (Å²) in [5, 5.41) is 20.3. The van der Waals surface area contributed by atoms with Crippen LogP contribution in [-0.2, 0) is 11.3 Å². The number of rotatable bonds is 5. The summed E-state index contributed by atoms with van der Waals surface area (Å²) in [5.41, 5.74) is 2.52. The first-order valence-electron chi connectivity index (χ1n) is 9.87. The highest BCUT2D eigenvalue weighted by Crippen LogP contribution is 2.26. The molecular formula is C23H17N7O2. The van der Waals surface area contributed by atoms with Crippen molar-refractivity contribution < 1.29 is 4.79 Å². The van der Waals surface area contributed by atoms with Crippen LogP contribution in [0.15, 0.2) is 90.0 Å². The van der Waals surface area contributed by atoms with Crippen molar-refractivity contribution in [3.8, 4) is 16.9 Å². The Kier molecular flexibility index (Phi) is 4.97. The fourth-order valence-electron chi connectivity index (χ4n) is 3.47. The van der Waals surface area contributed by atoms with E-state index in [1.807, 2.05) is 42.5 Å². The van der Waals surface area contributed by atoms with Gasteiger partial charge in [-0.05, 0) is 51.5 Å². The Balaban J connectivity index is 1.36. The molecule has 0 atom stereocenters. The summed E-state index contributed by atoms with van der Waals surface area (Å²) in [5.74, 6) is -0.357. The van der Waals surface area contributed by atoms with Crippen LogP contribution < -0.4 is 10.9 Å². The van der Waals surface area contributed by atoms with Crippen LogP contribution >= 0.6 is 0 Å². The topological polar surface area (TPSA) is 108 Å². The highest BCUT2D eigenvalue weighted by molar-refractivity contribution is 5.95. The fourth-order valence-corrected chi connectivity index (χ4v) is 3.47. The summed E-state index contributed by atoms with van der Waals surface area (Å²) in [7, 11) is 0. The number of aromatic nitrogens is 6. The van der Waals surface area contributed by atoms with Gasteiger partial charge in [-0.25, -0.2) is 9.36 Å². The Morgan fingerprint density at radius 3 is 2.53 bits per heavy atom. The van der Waals surface area contributed by atoms with Gasteiger partial charge >= 0.3 is 0 Å². The molecule has 3 aromatic carbocycles. The monoisotopic (exact) mass is 423 g/mol. The lowest BCUT2D eigenvalue weighted by atomic mass is 10.0. The molecule has 0 bridgehead atoms. The Bertz CT molecular complexity index is 1450. The second kappa shape index (κ2) is 8.23. The van der Waals surface area contributed by atoms with Crippen molar-refractivity contribution in [3.05, 3.63) is 95.5 Å². The fraction of sp³-hybridized carbons (Fsp3) is 0.0435. The van der Waals surface area contributed by atoms with Gasteiger partial charge in [0, 0.05) is 17.3 Å². The van der Waals surface area contributed by atoms with Crippen LogP contribution in [0.5, 0.6) is 0 Å². The van der Waals surface area contributed by atoms with E-state index in [1.54, 1.807) is 30.3 Å². The number of carbonyl (C=O) groups is 1. The Morgan fingerprint density at radius 1 is 0.906 bits per heavy atom. The number of anilines is 1. The van der Waals surface area contributed by atoms with Crippen LogP contribution in [-0.4, -0.2) is 35.9 Å². The van der Waals surface area contributed by atoms with Crippen LogP contribution in [0.3, 0.4) is 0 Å². The van der Waals surface area contributed by atoms with Gasteiger partial charge in [-0.15, -0.1) is 5.10 Å². The van der Waals surface area contributed by atoms with E-state index >= 15 is 0 Å². The maximum absolute atomic E-state index is 12.6. The second-order valence-corrected chi connectivity index (χ2v) is 7.09. The molecule has 1 amide bonds. The molecule has 0 saturated heterocycles. The highest BCUT2D eigenvalue weighted by atomic mass is 16.2. The van der Waals surface area contributed by atoms with Gasteiger partial charge < -0.3 is 5.32 Å². The maximum atomic E-state index is 12.6. The average Bonchev–Trinajstić information content (AvgIpc) is 3.36. The number of nitrogens with one attached hydrogen (secondary N) is 1. The number of amides is 1. The molecule has 32 heavy (non-hydrogen) atoms. The van der Waals surface area contributed by atoms with Crippen LogP contribution in [0.25, 0.3) is 27.7 Å². The van der Waals surface area contributed by atoms with Crippen LogP contribution in [0.2, 0.25) is 0 Å². The molecule has 156 valence electrons. The van der Waals surface area contributed by atoms with E-state index in [4.69, 9.17) is 0 Å². The van der Waals surface area contributed by atoms with Crippen molar-refractivity contribution in [1.29, 1.82) is 0 Å². The molecule has 9 heteroatoms. The lowest BCUT2D eigenvalue weighted by Gasteiger charge is -2.10. The van der Waals surface area contributed by atoms with Gasteiger partial charge in [0.2, 0.25) is 5.91 Å². The average molecular weight is 423 g/mol. The number of carbonyl (C=O) groups excluding carboxylic acids is 1. The molecule has 0 fully saturated rings. The molecule has 0 aliphatic rings. The molecule has 1 N–H and O–H groups in total. The molecule has 9 nitrogen and oxygen atoms in total. The number of benzene rings is 3. The van der Waals surface area contributed by atoms with E-state index in [9.17, 15) is 9.59 Å². The first-order valence-corrected chi connectivity index (χ1v) is 9.87. The summed E-state index contributed by atoms with van der Waals surface area (Å²) < 4.78 is 2.68. The van der Waals surface area contributed by atoms with E-state index < -0.39 is 0 Å². The molecule has 0 aliphatic carbocycles. The predicted octanol–water partition coefficient (Wildman–Crippen LogP) is 2.68. The van der Waals surface area contributed by atoms with Crippen molar-refractivity contribution >= 4 is 22.4 Å². The summed E-state index contributed by atoms with van der Waals surface area (Å²) >= 11 is 0. The first kappa shape index (κ1) is 19.3. The number of tetrazole rings is 1. The van der Waals surface area contributed by atoms with Crippen LogP contribution in [0.1, 0.15) is 0 Å². The molecular weight excluding hydrogens is 406 g/mol. The van der Waals surface area contributed by atoms with Gasteiger partial charge in [0.1, 0.15) is 12.9 Å². The van der Waals surface area contributed by atoms with Crippen molar-refractivity contribution in [2.75, 3.05) is 5.32 Å². The van der Waals surface area contributed by atoms with Gasteiger partial charge in [-0.1, -0.05) is 42.5 Å². The molecule has 5 rings (SSSR count). The van der Waals surface area contributed by atoms with E-state index in [0.29, 0.717) is 11.4 Å². The minimum Gasteiger partial charge on any atom is -0.324 e. The smallest absolute Gasteiger partial charge is 0.267 e. The minimum absolute atomic E-state index is 0.202. The first-order chi connectivity index (χ1) is 15.7. The Hall–Kier alpha value is -4.66. The van der Waals surface area contributed by atoms with E-state index in [0.717, 1.165) is 22.0 Å². The molecule has 0 radical (unpaired) electrons. The second-order valence-electron chi connectivity index (χ2n) is 7.09. The molecule has 0 saturated carbocycles. The largest absolute Gasteiger partial charge is 0.324 e. The van der Waals surface area contributed by atoms with Gasteiger partial charge in [0.15, 0.2) is 0 Å². The third kappa shape index (κ3) is 3.86. The zero-order valence-corrected chi connectivity index (χ0v) is 16.8. The summed E-state index contributed by atoms with van der Waals surface area (Å²) in [6.07, 6.45) is 1.48. The quantitative estimate of drug-likeness (QED) is 0.466. The van der Waals surface area contributed by atoms with Crippen molar-refractivity contribution in [3.63, 3.8) is 0 Å². The van der Waals surface area contributed by atoms with Gasteiger partial charge in [-0.3, -0.25) is 9.59 Å². The predicted molar refractivity (Wildman–Crippen MR) is 119 cm³/mol. The zero-order valence-electron chi connectivity index (χ0n) is 16.8. The molecule has 0 aliphatic heterocycles. The molecule has 2 heterocycles. The van der Waals surface area contributed by atoms with E-state index in [1.165, 1.54) is 21.8 Å². The highest BCUT2D eigenvalue weighted by Gasteiger charge is 2.10. The Labute approximate surface area is 181 Å². The molecule has 0 unspecified atom stereocenters. The Morgan fingerprint density at radius 2 is 1.72 bits per heavy atom. The maximum Gasteiger partial charge on any atom is 0.267 e. The van der Waals surface area contributed by atoms with Crippen molar-refractivity contribution in [2.24, 2.45) is 0 Å². The third-order valence-electron chi connectivity index (χ3n) is 4.99. The normalized spacial score (nSPS) is 10.9. The van der Waals surface area contributed by atoms with Crippen LogP contribution in [0, 0.1) is 0 Å². The standard InChI is InChI=1S/C23H17N7O2/c31-22(25-17-8-10-18(11-9-17)30-15-24-27-28-30)14-29-23(32)13-12-21(26-29)20-7-3-5-16-4-1-2-6-19(16)20/h1-13,15H,14H2,(H,25,31). The van der Waals surface area contributed by atoms with Crippen molar-refractivity contribution in [1.82, 2.24) is 30.0 Å². The summed E-state index contributed by atoms with van der Waals surface area (Å²) in [6.45, 7) is -0.202. The SMILES string of the molecule is O=C(Cn1nc(-c2cccc3ccccc23)ccc1=O)Nc1ccc(-n2cnnn2)cc1. The van der Waals surface area contributed by atoms with Crippen molar-refractivity contribution in [2.45, 2.75) is 6.54 Å². The third-order valence-corrected chi connectivity index (χ3v) is 4.99. The molecule has 0 spiro atoms. The van der Waals surface area contributed by atoms with E-state index in [-0.39, 0.29) is 18.0 Å².